The highest BCUT2D eigenvalue weighted by Crippen LogP contribution is 2.28. The van der Waals surface area contributed by atoms with Crippen molar-refractivity contribution in [3.8, 4) is 0 Å². The Kier molecular flexibility index (Phi) is 3.68. The van der Waals surface area contributed by atoms with Crippen LogP contribution in [0.1, 0.15) is 46.5 Å². The normalized spacial score (nSPS) is 42.6. The molecule has 2 atom stereocenters. The molecule has 0 aromatic rings. The second kappa shape index (κ2) is 4.84. The lowest BCUT2D eigenvalue weighted by molar-refractivity contribution is 0.121. The van der Waals surface area contributed by atoms with E-state index in [2.05, 4.69) is 31.0 Å². The first-order valence-corrected chi connectivity index (χ1v) is 6.69. The van der Waals surface area contributed by atoms with Gasteiger partial charge in [-0.2, -0.15) is 0 Å². The van der Waals surface area contributed by atoms with Gasteiger partial charge in [0.1, 0.15) is 0 Å². The van der Waals surface area contributed by atoms with Crippen LogP contribution in [0.25, 0.3) is 0 Å². The predicted molar refractivity (Wildman–Crippen MR) is 65.1 cm³/mol. The van der Waals surface area contributed by atoms with Crippen molar-refractivity contribution in [3.05, 3.63) is 0 Å². The van der Waals surface area contributed by atoms with Crippen LogP contribution in [0.15, 0.2) is 0 Å². The minimum absolute atomic E-state index is 0.777. The molecule has 88 valence electrons. The fourth-order valence-corrected chi connectivity index (χ4v) is 3.21. The van der Waals surface area contributed by atoms with Gasteiger partial charge in [-0.3, -0.25) is 0 Å². The third-order valence-electron chi connectivity index (χ3n) is 4.27. The topological polar surface area (TPSA) is 15.3 Å². The van der Waals surface area contributed by atoms with E-state index in [0.717, 1.165) is 24.0 Å². The van der Waals surface area contributed by atoms with Crippen LogP contribution in [-0.4, -0.2) is 36.1 Å². The van der Waals surface area contributed by atoms with Gasteiger partial charge in [0, 0.05) is 18.1 Å². The third kappa shape index (κ3) is 2.73. The number of rotatable bonds is 3. The van der Waals surface area contributed by atoms with Crippen LogP contribution in [0, 0.1) is 5.92 Å². The van der Waals surface area contributed by atoms with Crippen LogP contribution in [0.3, 0.4) is 0 Å². The first-order chi connectivity index (χ1) is 7.19. The second-order valence-corrected chi connectivity index (χ2v) is 5.64. The summed E-state index contributed by atoms with van der Waals surface area (Å²) in [4.78, 5) is 2.60. The van der Waals surface area contributed by atoms with Gasteiger partial charge in [0.2, 0.25) is 0 Å². The molecule has 2 aliphatic rings. The Morgan fingerprint density at radius 2 is 1.87 bits per heavy atom. The molecule has 1 aliphatic heterocycles. The van der Waals surface area contributed by atoms with Crippen molar-refractivity contribution in [2.24, 2.45) is 5.92 Å². The fourth-order valence-electron chi connectivity index (χ4n) is 3.21. The van der Waals surface area contributed by atoms with E-state index in [1.165, 1.54) is 38.8 Å². The molecule has 2 fully saturated rings. The van der Waals surface area contributed by atoms with Gasteiger partial charge in [0.25, 0.3) is 0 Å². The van der Waals surface area contributed by atoms with E-state index in [1.807, 2.05) is 0 Å². The zero-order valence-electron chi connectivity index (χ0n) is 10.5. The zero-order valence-corrected chi connectivity index (χ0v) is 10.5. The van der Waals surface area contributed by atoms with Crippen LogP contribution >= 0.6 is 0 Å². The largest absolute Gasteiger partial charge is 0.311 e. The van der Waals surface area contributed by atoms with E-state index in [9.17, 15) is 0 Å². The highest BCUT2D eigenvalue weighted by Gasteiger charge is 2.30. The molecule has 2 nitrogen and oxygen atoms in total. The molecule has 0 spiro atoms. The minimum Gasteiger partial charge on any atom is -0.311 e. The minimum atomic E-state index is 0.777. The van der Waals surface area contributed by atoms with E-state index in [-0.39, 0.29) is 0 Å². The molecular formula is C13H26N2. The summed E-state index contributed by atoms with van der Waals surface area (Å²) in [6.45, 7) is 9.52. The summed E-state index contributed by atoms with van der Waals surface area (Å²) in [5.41, 5.74) is 0. The molecule has 15 heavy (non-hydrogen) atoms. The summed E-state index contributed by atoms with van der Waals surface area (Å²) in [7, 11) is 0. The molecule has 0 bridgehead atoms. The van der Waals surface area contributed by atoms with Gasteiger partial charge in [-0.25, -0.2) is 0 Å². The van der Waals surface area contributed by atoms with E-state index < -0.39 is 0 Å². The van der Waals surface area contributed by atoms with Crippen LogP contribution in [0.2, 0.25) is 0 Å². The lowest BCUT2D eigenvalue weighted by Crippen LogP contribution is -2.52. The lowest BCUT2D eigenvalue weighted by atomic mass is 9.81. The average molecular weight is 210 g/mol. The molecule has 2 rings (SSSR count). The van der Waals surface area contributed by atoms with Gasteiger partial charge in [0.05, 0.1) is 0 Å². The second-order valence-electron chi connectivity index (χ2n) is 5.64. The van der Waals surface area contributed by atoms with Crippen LogP contribution < -0.4 is 5.32 Å². The summed E-state index contributed by atoms with van der Waals surface area (Å²) in [5, 5.41) is 3.83. The molecule has 2 unspecified atom stereocenters. The van der Waals surface area contributed by atoms with Crippen molar-refractivity contribution in [2.75, 3.05) is 13.1 Å². The molecule has 2 heteroatoms. The van der Waals surface area contributed by atoms with Gasteiger partial charge in [-0.05, 0) is 51.6 Å². The first kappa shape index (κ1) is 11.4. The van der Waals surface area contributed by atoms with E-state index in [1.54, 1.807) is 0 Å². The standard InChI is InChI=1S/C13H26N2/c1-4-15-6-5-12(9-11(15)3)14-13-7-10(2)8-13/h10-14H,4-9H2,1-3H3. The maximum Gasteiger partial charge on any atom is 0.00966 e. The maximum atomic E-state index is 3.83. The van der Waals surface area contributed by atoms with E-state index in [0.29, 0.717) is 0 Å². The Bertz CT molecular complexity index is 197. The molecule has 0 aromatic heterocycles. The van der Waals surface area contributed by atoms with Crippen LogP contribution in [-0.2, 0) is 0 Å². The molecular weight excluding hydrogens is 184 g/mol. The number of nitrogens with one attached hydrogen (secondary N) is 1. The smallest absolute Gasteiger partial charge is 0.00966 e. The number of hydrogen-bond acceptors (Lipinski definition) is 2. The summed E-state index contributed by atoms with van der Waals surface area (Å²) in [6, 6.07) is 2.41. The highest BCUT2D eigenvalue weighted by molar-refractivity contribution is 4.89. The van der Waals surface area contributed by atoms with Crippen molar-refractivity contribution in [2.45, 2.75) is 64.6 Å². The Labute approximate surface area is 94.4 Å². The number of nitrogens with zero attached hydrogens (tertiary/aromatic N) is 1. The van der Waals surface area contributed by atoms with E-state index >= 15 is 0 Å². The van der Waals surface area contributed by atoms with Gasteiger partial charge in [-0.15, -0.1) is 0 Å². The van der Waals surface area contributed by atoms with Gasteiger partial charge < -0.3 is 10.2 Å². The summed E-state index contributed by atoms with van der Waals surface area (Å²) < 4.78 is 0. The van der Waals surface area contributed by atoms with E-state index in [4.69, 9.17) is 0 Å². The fraction of sp³-hybridized carbons (Fsp3) is 1.00. The maximum absolute atomic E-state index is 3.83. The quantitative estimate of drug-likeness (QED) is 0.768. The van der Waals surface area contributed by atoms with Crippen molar-refractivity contribution < 1.29 is 0 Å². The first-order valence-electron chi connectivity index (χ1n) is 6.69. The van der Waals surface area contributed by atoms with Gasteiger partial charge in [0.15, 0.2) is 0 Å². The molecule has 1 aliphatic carbocycles. The monoisotopic (exact) mass is 210 g/mol. The van der Waals surface area contributed by atoms with Crippen LogP contribution in [0.5, 0.6) is 0 Å². The molecule has 1 heterocycles. The average Bonchev–Trinajstić information content (AvgIpc) is 2.16. The Hall–Kier alpha value is -0.0800. The molecule has 0 radical (unpaired) electrons. The molecule has 1 saturated heterocycles. The summed E-state index contributed by atoms with van der Waals surface area (Å²) >= 11 is 0. The highest BCUT2D eigenvalue weighted by atomic mass is 15.2. The van der Waals surface area contributed by atoms with Gasteiger partial charge >= 0.3 is 0 Å². The van der Waals surface area contributed by atoms with Crippen LogP contribution in [0.4, 0.5) is 0 Å². The predicted octanol–water partition coefficient (Wildman–Crippen LogP) is 2.25. The van der Waals surface area contributed by atoms with Gasteiger partial charge in [-0.1, -0.05) is 13.8 Å². The Morgan fingerprint density at radius 3 is 2.40 bits per heavy atom. The molecule has 1 saturated carbocycles. The summed E-state index contributed by atoms with van der Waals surface area (Å²) in [6.07, 6.45) is 5.51. The van der Waals surface area contributed by atoms with Crippen molar-refractivity contribution >= 4 is 0 Å². The third-order valence-corrected chi connectivity index (χ3v) is 4.27. The van der Waals surface area contributed by atoms with Crippen molar-refractivity contribution in [1.29, 1.82) is 0 Å². The number of hydrogen-bond donors (Lipinski definition) is 1. The number of piperidine rings is 1. The lowest BCUT2D eigenvalue weighted by Gasteiger charge is -2.42. The SMILES string of the molecule is CCN1CCC(NC2CC(C)C2)CC1C. The zero-order chi connectivity index (χ0) is 10.8. The molecule has 1 N–H and O–H groups in total. The Balaban J connectivity index is 1.71. The molecule has 0 amide bonds. The summed E-state index contributed by atoms with van der Waals surface area (Å²) in [5.74, 6) is 0.968. The van der Waals surface area contributed by atoms with Crippen molar-refractivity contribution in [1.82, 2.24) is 10.2 Å². The number of likely N-dealkylation sites (tertiary alicyclic amines) is 1. The molecule has 0 aromatic carbocycles. The Morgan fingerprint density at radius 1 is 1.13 bits per heavy atom. The van der Waals surface area contributed by atoms with Crippen molar-refractivity contribution in [3.63, 3.8) is 0 Å².